The molecule has 0 aliphatic rings. The van der Waals surface area contributed by atoms with Gasteiger partial charge in [0.15, 0.2) is 4.67 Å². The molecule has 2 aromatic rings. The van der Waals surface area contributed by atoms with Crippen LogP contribution < -0.4 is 4.74 Å². The molecular formula is C14H16BrNO3. The number of hydrogen-bond acceptors (Lipinski definition) is 3. The number of carbonyl (C=O) groups excluding carboxylic acids is 1. The molecule has 0 fully saturated rings. The Hall–Kier alpha value is -1.49. The van der Waals surface area contributed by atoms with Gasteiger partial charge in [-0.05, 0) is 41.9 Å². The van der Waals surface area contributed by atoms with Crippen LogP contribution in [0.1, 0.15) is 24.2 Å². The van der Waals surface area contributed by atoms with Gasteiger partial charge < -0.3 is 14.1 Å². The lowest BCUT2D eigenvalue weighted by atomic mass is 10.1. The first-order valence-corrected chi connectivity index (χ1v) is 6.79. The molecule has 5 heteroatoms. The molecule has 0 aliphatic carbocycles. The summed E-state index contributed by atoms with van der Waals surface area (Å²) >= 11 is 3.30. The molecule has 1 amide bonds. The third kappa shape index (κ3) is 2.92. The van der Waals surface area contributed by atoms with Crippen LogP contribution in [-0.4, -0.2) is 31.0 Å². The zero-order valence-electron chi connectivity index (χ0n) is 11.4. The molecule has 0 N–H and O–H groups in total. The van der Waals surface area contributed by atoms with Gasteiger partial charge in [-0.25, -0.2) is 0 Å². The second-order valence-corrected chi connectivity index (χ2v) is 5.58. The van der Waals surface area contributed by atoms with Crippen LogP contribution >= 0.6 is 15.9 Å². The van der Waals surface area contributed by atoms with E-state index < -0.39 is 0 Å². The molecule has 0 atom stereocenters. The summed E-state index contributed by atoms with van der Waals surface area (Å²) in [5, 5.41) is 0.857. The molecule has 19 heavy (non-hydrogen) atoms. The lowest BCUT2D eigenvalue weighted by molar-refractivity contribution is 0.0827. The zero-order chi connectivity index (χ0) is 14.2. The molecule has 0 bridgehead atoms. The highest BCUT2D eigenvalue weighted by Gasteiger charge is 2.16. The highest BCUT2D eigenvalue weighted by Crippen LogP contribution is 2.33. The molecule has 0 spiro atoms. The fourth-order valence-corrected chi connectivity index (χ4v) is 2.21. The lowest BCUT2D eigenvalue weighted by Gasteiger charge is -2.14. The molecule has 0 unspecified atom stereocenters. The molecule has 0 radical (unpaired) electrons. The molecule has 2 rings (SSSR count). The van der Waals surface area contributed by atoms with Crippen LogP contribution in [0, 0.1) is 0 Å². The van der Waals surface area contributed by atoms with Crippen molar-refractivity contribution in [3.63, 3.8) is 0 Å². The summed E-state index contributed by atoms with van der Waals surface area (Å²) in [6.07, 6.45) is 0.0292. The number of fused-ring (bicyclic) bond motifs is 1. The summed E-state index contributed by atoms with van der Waals surface area (Å²) in [4.78, 5) is 13.6. The summed E-state index contributed by atoms with van der Waals surface area (Å²) in [5.41, 5.74) is 1.19. The van der Waals surface area contributed by atoms with Crippen LogP contribution in [-0.2, 0) is 0 Å². The quantitative estimate of drug-likeness (QED) is 0.864. The van der Waals surface area contributed by atoms with E-state index in [2.05, 4.69) is 15.9 Å². The minimum atomic E-state index is -0.0805. The van der Waals surface area contributed by atoms with Crippen molar-refractivity contribution in [2.45, 2.75) is 20.0 Å². The zero-order valence-corrected chi connectivity index (χ0v) is 12.9. The molecule has 0 saturated carbocycles. The number of halogens is 1. The topological polar surface area (TPSA) is 42.7 Å². The number of rotatable bonds is 3. The summed E-state index contributed by atoms with van der Waals surface area (Å²) in [6, 6.07) is 5.33. The highest BCUT2D eigenvalue weighted by atomic mass is 79.9. The average Bonchev–Trinajstić information content (AvgIpc) is 2.67. The molecule has 0 saturated heterocycles. The Bertz CT molecular complexity index is 616. The maximum Gasteiger partial charge on any atom is 0.253 e. The van der Waals surface area contributed by atoms with E-state index >= 15 is 0 Å². The molecule has 0 aliphatic heterocycles. The van der Waals surface area contributed by atoms with E-state index in [-0.39, 0.29) is 12.0 Å². The third-order valence-electron chi connectivity index (χ3n) is 2.59. The fourth-order valence-electron chi connectivity index (χ4n) is 1.81. The van der Waals surface area contributed by atoms with Gasteiger partial charge in [0.1, 0.15) is 11.3 Å². The van der Waals surface area contributed by atoms with E-state index in [1.807, 2.05) is 19.9 Å². The first-order chi connectivity index (χ1) is 8.88. The van der Waals surface area contributed by atoms with E-state index in [0.29, 0.717) is 21.6 Å². The Balaban J connectivity index is 2.59. The number of benzene rings is 1. The van der Waals surface area contributed by atoms with E-state index in [0.717, 1.165) is 5.39 Å². The van der Waals surface area contributed by atoms with Crippen molar-refractivity contribution in [3.8, 4) is 5.75 Å². The van der Waals surface area contributed by atoms with Crippen molar-refractivity contribution >= 4 is 32.8 Å². The van der Waals surface area contributed by atoms with Crippen LogP contribution in [0.2, 0.25) is 0 Å². The number of carbonyl (C=O) groups is 1. The van der Waals surface area contributed by atoms with Crippen LogP contribution in [0.25, 0.3) is 11.0 Å². The Morgan fingerprint density at radius 3 is 2.58 bits per heavy atom. The minimum absolute atomic E-state index is 0.0292. The molecular weight excluding hydrogens is 310 g/mol. The van der Waals surface area contributed by atoms with Crippen LogP contribution in [0.15, 0.2) is 27.3 Å². The predicted molar refractivity (Wildman–Crippen MR) is 77.7 cm³/mol. The molecule has 102 valence electrons. The summed E-state index contributed by atoms with van der Waals surface area (Å²) in [5.74, 6) is 0.579. The normalized spacial score (nSPS) is 11.1. The number of furan rings is 1. The average molecular weight is 326 g/mol. The second-order valence-electron chi connectivity index (χ2n) is 4.80. The van der Waals surface area contributed by atoms with Gasteiger partial charge in [-0.1, -0.05) is 0 Å². The number of hydrogen-bond donors (Lipinski definition) is 0. The van der Waals surface area contributed by atoms with Crippen molar-refractivity contribution in [1.82, 2.24) is 4.90 Å². The Morgan fingerprint density at radius 2 is 2.00 bits per heavy atom. The van der Waals surface area contributed by atoms with Crippen molar-refractivity contribution in [2.24, 2.45) is 0 Å². The maximum absolute atomic E-state index is 12.0. The van der Waals surface area contributed by atoms with E-state index in [9.17, 15) is 4.79 Å². The SMILES string of the molecule is CC(C)Oc1cc(C(=O)N(C)C)cc2oc(Br)cc12. The van der Waals surface area contributed by atoms with Gasteiger partial charge >= 0.3 is 0 Å². The van der Waals surface area contributed by atoms with Gasteiger partial charge in [0.25, 0.3) is 5.91 Å². The largest absolute Gasteiger partial charge is 0.490 e. The molecule has 1 heterocycles. The van der Waals surface area contributed by atoms with E-state index in [4.69, 9.17) is 9.15 Å². The first kappa shape index (κ1) is 13.9. The lowest BCUT2D eigenvalue weighted by Crippen LogP contribution is -2.21. The molecule has 1 aromatic carbocycles. The second kappa shape index (κ2) is 5.25. The van der Waals surface area contributed by atoms with Gasteiger partial charge in [-0.2, -0.15) is 0 Å². The smallest absolute Gasteiger partial charge is 0.253 e. The van der Waals surface area contributed by atoms with Crippen LogP contribution in [0.3, 0.4) is 0 Å². The Labute approximate surface area is 120 Å². The van der Waals surface area contributed by atoms with Crippen molar-refractivity contribution in [3.05, 3.63) is 28.4 Å². The fraction of sp³-hybridized carbons (Fsp3) is 0.357. The Morgan fingerprint density at radius 1 is 1.32 bits per heavy atom. The van der Waals surface area contributed by atoms with Crippen molar-refractivity contribution in [2.75, 3.05) is 14.1 Å². The first-order valence-electron chi connectivity index (χ1n) is 6.00. The summed E-state index contributed by atoms with van der Waals surface area (Å²) in [6.45, 7) is 3.89. The van der Waals surface area contributed by atoms with Crippen molar-refractivity contribution in [1.29, 1.82) is 0 Å². The summed E-state index contributed by atoms with van der Waals surface area (Å²) in [7, 11) is 3.43. The van der Waals surface area contributed by atoms with Gasteiger partial charge in [0.05, 0.1) is 11.5 Å². The molecule has 1 aromatic heterocycles. The van der Waals surface area contributed by atoms with Crippen LogP contribution in [0.4, 0.5) is 0 Å². The van der Waals surface area contributed by atoms with E-state index in [1.54, 1.807) is 26.2 Å². The standard InChI is InChI=1S/C14H16BrNO3/c1-8(2)18-11-5-9(14(17)16(3)4)6-12-10(11)7-13(15)19-12/h5-8H,1-4H3. The molecule has 4 nitrogen and oxygen atoms in total. The Kier molecular flexibility index (Phi) is 3.85. The number of nitrogens with zero attached hydrogens (tertiary/aromatic N) is 1. The van der Waals surface area contributed by atoms with E-state index in [1.165, 1.54) is 4.90 Å². The highest BCUT2D eigenvalue weighted by molar-refractivity contribution is 9.10. The predicted octanol–water partition coefficient (Wildman–Crippen LogP) is 3.68. The number of amides is 1. The minimum Gasteiger partial charge on any atom is -0.490 e. The van der Waals surface area contributed by atoms with Gasteiger partial charge in [0.2, 0.25) is 0 Å². The monoisotopic (exact) mass is 325 g/mol. The third-order valence-corrected chi connectivity index (χ3v) is 2.98. The summed E-state index contributed by atoms with van der Waals surface area (Å²) < 4.78 is 11.9. The number of ether oxygens (including phenoxy) is 1. The van der Waals surface area contributed by atoms with Gasteiger partial charge in [-0.15, -0.1) is 0 Å². The van der Waals surface area contributed by atoms with Crippen LogP contribution in [0.5, 0.6) is 5.75 Å². The van der Waals surface area contributed by atoms with Gasteiger partial charge in [0, 0.05) is 25.7 Å². The van der Waals surface area contributed by atoms with Gasteiger partial charge in [-0.3, -0.25) is 4.79 Å². The van der Waals surface area contributed by atoms with Crippen molar-refractivity contribution < 1.29 is 13.9 Å². The maximum atomic E-state index is 12.0.